The first kappa shape index (κ1) is 21.3. The molecule has 5 nitrogen and oxygen atoms in total. The summed E-state index contributed by atoms with van der Waals surface area (Å²) in [6.45, 7) is 3.84. The summed E-state index contributed by atoms with van der Waals surface area (Å²) in [4.78, 5) is 26.6. The van der Waals surface area contributed by atoms with E-state index in [0.717, 1.165) is 29.7 Å². The van der Waals surface area contributed by atoms with E-state index in [4.69, 9.17) is 0 Å². The van der Waals surface area contributed by atoms with E-state index < -0.39 is 0 Å². The second-order valence-electron chi connectivity index (χ2n) is 7.47. The van der Waals surface area contributed by atoms with Gasteiger partial charge in [-0.05, 0) is 71.4 Å². The van der Waals surface area contributed by atoms with Crippen LogP contribution in [0, 0.1) is 18.7 Å². The van der Waals surface area contributed by atoms with E-state index in [2.05, 4.69) is 26.6 Å². The highest BCUT2D eigenvalue weighted by atomic mass is 79.9. The molecular formula is C22H25BrFN3O2. The summed E-state index contributed by atoms with van der Waals surface area (Å²) in [6.07, 6.45) is 2.12. The van der Waals surface area contributed by atoms with Gasteiger partial charge in [0.2, 0.25) is 5.91 Å². The molecule has 0 aromatic heterocycles. The Balaban J connectivity index is 1.46. The minimum absolute atomic E-state index is 0.0253. The first-order chi connectivity index (χ1) is 13.9. The zero-order valence-corrected chi connectivity index (χ0v) is 18.0. The van der Waals surface area contributed by atoms with Gasteiger partial charge in [-0.2, -0.15) is 0 Å². The van der Waals surface area contributed by atoms with Crippen molar-refractivity contribution in [3.63, 3.8) is 0 Å². The Labute approximate surface area is 178 Å². The van der Waals surface area contributed by atoms with Gasteiger partial charge in [0, 0.05) is 25.3 Å². The standard InChI is InChI=1S/C22H25BrFN3O2/c1-15-4-7-18(8-5-15)26-22(29)25-13-17-3-2-10-27(14-17)21(28)12-16-6-9-20(24)19(23)11-16/h4-9,11,17H,2-3,10,12-14H2,1H3,(H2,25,26,29). The number of anilines is 1. The number of hydrogen-bond acceptors (Lipinski definition) is 2. The Morgan fingerprint density at radius 3 is 2.69 bits per heavy atom. The molecule has 29 heavy (non-hydrogen) atoms. The Kier molecular flexibility index (Phi) is 7.25. The van der Waals surface area contributed by atoms with Gasteiger partial charge in [-0.15, -0.1) is 0 Å². The maximum Gasteiger partial charge on any atom is 0.319 e. The van der Waals surface area contributed by atoms with Gasteiger partial charge in [-0.25, -0.2) is 9.18 Å². The maximum absolute atomic E-state index is 13.4. The first-order valence-electron chi connectivity index (χ1n) is 9.74. The number of urea groups is 1. The minimum atomic E-state index is -0.339. The van der Waals surface area contributed by atoms with E-state index >= 15 is 0 Å². The molecule has 0 saturated carbocycles. The molecule has 1 heterocycles. The van der Waals surface area contributed by atoms with Crippen molar-refractivity contribution in [1.29, 1.82) is 0 Å². The Hall–Kier alpha value is -2.41. The molecule has 154 valence electrons. The quantitative estimate of drug-likeness (QED) is 0.688. The van der Waals surface area contributed by atoms with E-state index in [1.165, 1.54) is 6.07 Å². The third-order valence-electron chi connectivity index (χ3n) is 5.07. The maximum atomic E-state index is 13.4. The summed E-state index contributed by atoms with van der Waals surface area (Å²) >= 11 is 3.16. The average molecular weight is 462 g/mol. The third-order valence-corrected chi connectivity index (χ3v) is 5.68. The summed E-state index contributed by atoms with van der Waals surface area (Å²) in [7, 11) is 0. The van der Waals surface area contributed by atoms with Crippen LogP contribution in [0.15, 0.2) is 46.9 Å². The highest BCUT2D eigenvalue weighted by Crippen LogP contribution is 2.20. The van der Waals surface area contributed by atoms with Crippen LogP contribution in [-0.2, 0) is 11.2 Å². The molecule has 0 radical (unpaired) electrons. The smallest absolute Gasteiger partial charge is 0.319 e. The van der Waals surface area contributed by atoms with E-state index in [0.29, 0.717) is 24.1 Å². The Morgan fingerprint density at radius 1 is 1.21 bits per heavy atom. The fourth-order valence-electron chi connectivity index (χ4n) is 3.44. The van der Waals surface area contributed by atoms with E-state index in [9.17, 15) is 14.0 Å². The molecule has 3 amide bonds. The summed E-state index contributed by atoms with van der Waals surface area (Å²) in [6, 6.07) is 12.0. The SMILES string of the molecule is Cc1ccc(NC(=O)NCC2CCCN(C(=O)Cc3ccc(F)c(Br)c3)C2)cc1. The summed E-state index contributed by atoms with van der Waals surface area (Å²) in [5.41, 5.74) is 2.66. The molecule has 1 atom stereocenters. The van der Waals surface area contributed by atoms with Crippen LogP contribution < -0.4 is 10.6 Å². The third kappa shape index (κ3) is 6.29. The molecular weight excluding hydrogens is 437 g/mol. The Morgan fingerprint density at radius 2 is 1.97 bits per heavy atom. The molecule has 2 N–H and O–H groups in total. The molecule has 0 aliphatic carbocycles. The fraction of sp³-hybridized carbons (Fsp3) is 0.364. The lowest BCUT2D eigenvalue weighted by Crippen LogP contribution is -2.44. The van der Waals surface area contributed by atoms with Crippen LogP contribution in [0.1, 0.15) is 24.0 Å². The van der Waals surface area contributed by atoms with Crippen molar-refractivity contribution in [2.45, 2.75) is 26.2 Å². The molecule has 2 aromatic carbocycles. The van der Waals surface area contributed by atoms with Crippen molar-refractivity contribution >= 4 is 33.6 Å². The van der Waals surface area contributed by atoms with Crippen molar-refractivity contribution in [2.75, 3.05) is 25.0 Å². The van der Waals surface area contributed by atoms with Gasteiger partial charge in [0.1, 0.15) is 5.82 Å². The second kappa shape index (κ2) is 9.87. The minimum Gasteiger partial charge on any atom is -0.342 e. The van der Waals surface area contributed by atoms with Gasteiger partial charge in [0.25, 0.3) is 0 Å². The zero-order valence-electron chi connectivity index (χ0n) is 16.4. The van der Waals surface area contributed by atoms with Gasteiger partial charge in [0.05, 0.1) is 10.9 Å². The molecule has 7 heteroatoms. The van der Waals surface area contributed by atoms with Crippen LogP contribution in [0.2, 0.25) is 0 Å². The van der Waals surface area contributed by atoms with Crippen LogP contribution in [0.4, 0.5) is 14.9 Å². The average Bonchev–Trinajstić information content (AvgIpc) is 2.71. The molecule has 1 fully saturated rings. The second-order valence-corrected chi connectivity index (χ2v) is 8.33. The molecule has 0 bridgehead atoms. The molecule has 1 saturated heterocycles. The van der Waals surface area contributed by atoms with Crippen molar-refractivity contribution in [2.24, 2.45) is 5.92 Å². The van der Waals surface area contributed by atoms with E-state index in [-0.39, 0.29) is 30.1 Å². The number of amides is 3. The topological polar surface area (TPSA) is 61.4 Å². The number of benzene rings is 2. The van der Waals surface area contributed by atoms with Crippen molar-refractivity contribution in [1.82, 2.24) is 10.2 Å². The predicted octanol–water partition coefficient (Wildman–Crippen LogP) is 4.50. The molecule has 1 aliphatic rings. The number of nitrogens with one attached hydrogen (secondary N) is 2. The first-order valence-corrected chi connectivity index (χ1v) is 10.5. The fourth-order valence-corrected chi connectivity index (χ4v) is 3.87. The van der Waals surface area contributed by atoms with Gasteiger partial charge < -0.3 is 15.5 Å². The number of rotatable bonds is 5. The number of piperidine rings is 1. The van der Waals surface area contributed by atoms with Gasteiger partial charge >= 0.3 is 6.03 Å². The monoisotopic (exact) mass is 461 g/mol. The van der Waals surface area contributed by atoms with Crippen molar-refractivity contribution < 1.29 is 14.0 Å². The zero-order chi connectivity index (χ0) is 20.8. The summed E-state index contributed by atoms with van der Waals surface area (Å²) in [5, 5.41) is 5.72. The van der Waals surface area contributed by atoms with Crippen LogP contribution in [0.3, 0.4) is 0 Å². The lowest BCUT2D eigenvalue weighted by Gasteiger charge is -2.33. The molecule has 1 unspecified atom stereocenters. The number of nitrogens with zero attached hydrogens (tertiary/aromatic N) is 1. The number of likely N-dealkylation sites (tertiary alicyclic amines) is 1. The Bertz CT molecular complexity index is 873. The van der Waals surface area contributed by atoms with Crippen LogP contribution in [-0.4, -0.2) is 36.5 Å². The normalized spacial score (nSPS) is 16.4. The molecule has 0 spiro atoms. The van der Waals surface area contributed by atoms with E-state index in [1.54, 1.807) is 12.1 Å². The number of halogens is 2. The number of carbonyl (C=O) groups is 2. The summed E-state index contributed by atoms with van der Waals surface area (Å²) < 4.78 is 13.7. The van der Waals surface area contributed by atoms with Crippen molar-refractivity contribution in [3.05, 3.63) is 63.9 Å². The number of aryl methyl sites for hydroxylation is 1. The number of carbonyl (C=O) groups excluding carboxylic acids is 2. The van der Waals surface area contributed by atoms with Crippen LogP contribution in [0.5, 0.6) is 0 Å². The van der Waals surface area contributed by atoms with Gasteiger partial charge in [0.15, 0.2) is 0 Å². The molecule has 1 aliphatic heterocycles. The largest absolute Gasteiger partial charge is 0.342 e. The van der Waals surface area contributed by atoms with E-state index in [1.807, 2.05) is 36.1 Å². The lowest BCUT2D eigenvalue weighted by atomic mass is 9.97. The van der Waals surface area contributed by atoms with Crippen molar-refractivity contribution in [3.8, 4) is 0 Å². The summed E-state index contributed by atoms with van der Waals surface area (Å²) in [5.74, 6) is -0.0945. The number of hydrogen-bond donors (Lipinski definition) is 2. The molecule has 2 aromatic rings. The highest BCUT2D eigenvalue weighted by Gasteiger charge is 2.24. The van der Waals surface area contributed by atoms with Gasteiger partial charge in [-0.1, -0.05) is 23.8 Å². The van der Waals surface area contributed by atoms with Gasteiger partial charge in [-0.3, -0.25) is 4.79 Å². The molecule has 3 rings (SSSR count). The highest BCUT2D eigenvalue weighted by molar-refractivity contribution is 9.10. The predicted molar refractivity (Wildman–Crippen MR) is 115 cm³/mol. The van der Waals surface area contributed by atoms with Crippen LogP contribution >= 0.6 is 15.9 Å². The lowest BCUT2D eigenvalue weighted by molar-refractivity contribution is -0.132. The van der Waals surface area contributed by atoms with Crippen LogP contribution in [0.25, 0.3) is 0 Å².